The number of para-hydroxylation sites is 1. The molecule has 14 rings (SSSR count). The van der Waals surface area contributed by atoms with Gasteiger partial charge >= 0.3 is 0 Å². The normalized spacial score (nSPS) is 13.9. The molecule has 0 amide bonds. The lowest BCUT2D eigenvalue weighted by atomic mass is 9.33. The van der Waals surface area contributed by atoms with Gasteiger partial charge in [-0.05, 0) is 169 Å². The van der Waals surface area contributed by atoms with Crippen LogP contribution in [-0.4, -0.2) is 16.7 Å². The Morgan fingerprint density at radius 3 is 1.07 bits per heavy atom. The lowest BCUT2D eigenvalue weighted by molar-refractivity contribution is 0.568. The minimum Gasteiger partial charge on any atom is -0.311 e. The summed E-state index contributed by atoms with van der Waals surface area (Å²) in [5, 5.41) is 10.9. The molecule has 444 valence electrons. The minimum atomic E-state index is -0.160. The third-order valence-electron chi connectivity index (χ3n) is 19.4. The molecule has 89 heavy (non-hydrogen) atoms. The largest absolute Gasteiger partial charge is 0.311 e. The number of hydrogen-bond donors (Lipinski definition) is 0. The Balaban J connectivity index is 1.20. The number of rotatable bonds is 4. The Kier molecular flexibility index (Phi) is 13.1. The maximum absolute atomic E-state index is 5.94. The van der Waals surface area contributed by atoms with Crippen LogP contribution in [-0.2, 0) is 32.5 Å². The highest BCUT2D eigenvalue weighted by atomic mass is 15.2. The monoisotopic (exact) mass is 1160 g/mol. The summed E-state index contributed by atoms with van der Waals surface area (Å²) in [4.78, 5) is 16.8. The van der Waals surface area contributed by atoms with Crippen LogP contribution in [0, 0.1) is 0 Å². The molecule has 0 unspecified atom stereocenters. The molecule has 0 spiro atoms. The summed E-state index contributed by atoms with van der Waals surface area (Å²) in [5.41, 5.74) is 21.7. The molecule has 12 aromatic rings. The fourth-order valence-corrected chi connectivity index (χ4v) is 14.1. The van der Waals surface area contributed by atoms with Crippen molar-refractivity contribution in [2.45, 2.75) is 157 Å². The molecule has 5 heteroatoms. The number of benzene rings is 11. The lowest BCUT2D eigenvalue weighted by Gasteiger charge is -2.46. The van der Waals surface area contributed by atoms with Gasteiger partial charge in [-0.2, -0.15) is 0 Å². The van der Waals surface area contributed by atoms with Crippen molar-refractivity contribution in [1.82, 2.24) is 9.97 Å². The molecule has 1 aromatic heterocycles. The van der Waals surface area contributed by atoms with E-state index in [0.29, 0.717) is 0 Å². The summed E-state index contributed by atoms with van der Waals surface area (Å²) in [5.74, 6) is 0.722. The third-order valence-corrected chi connectivity index (χ3v) is 19.4. The molecule has 11 aromatic carbocycles. The first-order chi connectivity index (χ1) is 41.9. The van der Waals surface area contributed by atoms with Gasteiger partial charge in [0.05, 0.1) is 11.2 Å². The number of anilines is 6. The Morgan fingerprint density at radius 1 is 0.303 bits per heavy atom. The van der Waals surface area contributed by atoms with Gasteiger partial charge in [0.1, 0.15) is 0 Å². The quantitative estimate of drug-likeness (QED) is 0.130. The van der Waals surface area contributed by atoms with Gasteiger partial charge in [0, 0.05) is 61.4 Å². The van der Waals surface area contributed by atoms with Crippen molar-refractivity contribution in [3.05, 3.63) is 221 Å². The highest BCUT2D eigenvalue weighted by Crippen LogP contribution is 2.52. The third kappa shape index (κ3) is 9.81. The summed E-state index contributed by atoms with van der Waals surface area (Å²) in [6.45, 7) is 42.1. The SMILES string of the molecule is CC(C)(C)c1cc(-c2nc(-c3cc4c5c(c3)N(c3cc(C(C)(C)C)cc(C(C)(C)C)c3)c3c(ccc6c3ccc3ccccc36)B5c3ccc5c(ccc6ccccc65)c3N4c3cc(C(C)(C)C)cc(C(C)(C)C)c3)c3ccccc3n2)cc(C(C)(C)C)c1. The van der Waals surface area contributed by atoms with Crippen LogP contribution in [0.4, 0.5) is 34.1 Å². The van der Waals surface area contributed by atoms with Crippen LogP contribution in [0.5, 0.6) is 0 Å². The predicted octanol–water partition coefficient (Wildman–Crippen LogP) is 21.4. The topological polar surface area (TPSA) is 32.3 Å². The standard InChI is InChI=1S/C84H85BN4/c1-79(2,3)54-39-53(40-55(43-54)80(4,5)6)78-86-71-30-24-23-29-68(71)75(87-78)52-41-72-74-73(42-52)89(61-48-58(83(13,14)15)45-59(49-61)84(16,17)18)77-67-34-32-51-26-20-22-28-63(51)65(67)36-38-70(77)85(74)69-37-35-64-62-27-21-19-25-50(62)31-33-66(64)76(69)88(72)60-46-56(81(7,8)9)44-57(47-60)82(10,11)12/h19-49H,1-18H3. The van der Waals surface area contributed by atoms with Gasteiger partial charge in [-0.25, -0.2) is 9.97 Å². The van der Waals surface area contributed by atoms with Gasteiger partial charge in [0.25, 0.3) is 6.71 Å². The van der Waals surface area contributed by atoms with Crippen LogP contribution in [0.3, 0.4) is 0 Å². The van der Waals surface area contributed by atoms with E-state index in [2.05, 4.69) is 322 Å². The van der Waals surface area contributed by atoms with Crippen LogP contribution < -0.4 is 26.2 Å². The van der Waals surface area contributed by atoms with Crippen LogP contribution in [0.2, 0.25) is 0 Å². The molecule has 0 radical (unpaired) electrons. The van der Waals surface area contributed by atoms with Crippen molar-refractivity contribution >= 4 is 111 Å². The van der Waals surface area contributed by atoms with Crippen molar-refractivity contribution < 1.29 is 0 Å². The van der Waals surface area contributed by atoms with Gasteiger partial charge in [0.15, 0.2) is 5.82 Å². The Bertz CT molecular complexity index is 4600. The molecule has 0 atom stereocenters. The van der Waals surface area contributed by atoms with Crippen LogP contribution >= 0.6 is 0 Å². The number of fused-ring (bicyclic) bond motifs is 13. The number of aromatic nitrogens is 2. The van der Waals surface area contributed by atoms with Crippen molar-refractivity contribution in [3.63, 3.8) is 0 Å². The number of hydrogen-bond acceptors (Lipinski definition) is 4. The van der Waals surface area contributed by atoms with Crippen molar-refractivity contribution in [2.24, 2.45) is 0 Å². The highest BCUT2D eigenvalue weighted by Gasteiger charge is 2.46. The van der Waals surface area contributed by atoms with Crippen molar-refractivity contribution in [3.8, 4) is 22.6 Å². The van der Waals surface area contributed by atoms with Gasteiger partial charge in [-0.1, -0.05) is 258 Å². The van der Waals surface area contributed by atoms with Crippen molar-refractivity contribution in [2.75, 3.05) is 9.80 Å². The second-order valence-corrected chi connectivity index (χ2v) is 32.1. The molecule has 2 aliphatic heterocycles. The number of nitrogens with zero attached hydrogens (tertiary/aromatic N) is 4. The molecule has 0 N–H and O–H groups in total. The van der Waals surface area contributed by atoms with E-state index < -0.39 is 0 Å². The van der Waals surface area contributed by atoms with Gasteiger partial charge in [-0.3, -0.25) is 0 Å². The minimum absolute atomic E-state index is 0.103. The fourth-order valence-electron chi connectivity index (χ4n) is 14.1. The van der Waals surface area contributed by atoms with E-state index >= 15 is 0 Å². The van der Waals surface area contributed by atoms with Gasteiger partial charge in [0.2, 0.25) is 0 Å². The van der Waals surface area contributed by atoms with E-state index in [1.807, 2.05) is 0 Å². The van der Waals surface area contributed by atoms with Gasteiger partial charge in [-0.15, -0.1) is 0 Å². The molecule has 2 aliphatic rings. The smallest absolute Gasteiger partial charge is 0.252 e. The van der Waals surface area contributed by atoms with E-state index in [-0.39, 0.29) is 39.2 Å². The molecular formula is C84H85BN4. The first kappa shape index (κ1) is 58.2. The summed E-state index contributed by atoms with van der Waals surface area (Å²) >= 11 is 0. The molecule has 0 bridgehead atoms. The van der Waals surface area contributed by atoms with E-state index in [9.17, 15) is 0 Å². The first-order valence-electron chi connectivity index (χ1n) is 32.3. The predicted molar refractivity (Wildman–Crippen MR) is 387 cm³/mol. The Hall–Kier alpha value is -8.54. The zero-order chi connectivity index (χ0) is 62.8. The molecule has 0 fully saturated rings. The summed E-state index contributed by atoms with van der Waals surface area (Å²) in [6.07, 6.45) is 0. The zero-order valence-corrected chi connectivity index (χ0v) is 55.8. The van der Waals surface area contributed by atoms with Crippen LogP contribution in [0.25, 0.3) is 76.6 Å². The molecular weight excluding hydrogens is 1080 g/mol. The average Bonchev–Trinajstić information content (AvgIpc) is 0.689. The molecule has 4 nitrogen and oxygen atoms in total. The second-order valence-electron chi connectivity index (χ2n) is 32.1. The van der Waals surface area contributed by atoms with E-state index in [0.717, 1.165) is 56.3 Å². The molecule has 0 saturated carbocycles. The van der Waals surface area contributed by atoms with Gasteiger partial charge < -0.3 is 9.80 Å². The molecule has 3 heterocycles. The molecule has 0 saturated heterocycles. The maximum atomic E-state index is 5.94. The summed E-state index contributed by atoms with van der Waals surface area (Å²) < 4.78 is 0. The zero-order valence-electron chi connectivity index (χ0n) is 55.8. The second kappa shape index (κ2) is 20.0. The van der Waals surface area contributed by atoms with E-state index in [4.69, 9.17) is 9.97 Å². The average molecular weight is 1160 g/mol. The highest BCUT2D eigenvalue weighted by molar-refractivity contribution is 7.01. The van der Waals surface area contributed by atoms with Crippen molar-refractivity contribution in [1.29, 1.82) is 0 Å². The van der Waals surface area contributed by atoms with Crippen LogP contribution in [0.1, 0.15) is 158 Å². The fraction of sp³-hybridized carbons (Fsp3) is 0.286. The van der Waals surface area contributed by atoms with E-state index in [1.165, 1.54) is 104 Å². The summed E-state index contributed by atoms with van der Waals surface area (Å²) in [7, 11) is 0. The summed E-state index contributed by atoms with van der Waals surface area (Å²) in [6, 6.07) is 72.9. The lowest BCUT2D eigenvalue weighted by Crippen LogP contribution is -2.61. The van der Waals surface area contributed by atoms with Crippen LogP contribution in [0.15, 0.2) is 188 Å². The molecule has 0 aliphatic carbocycles. The Labute approximate surface area is 529 Å². The first-order valence-corrected chi connectivity index (χ1v) is 32.3. The Morgan fingerprint density at radius 2 is 0.663 bits per heavy atom. The van der Waals surface area contributed by atoms with E-state index in [1.54, 1.807) is 0 Å². The maximum Gasteiger partial charge on any atom is 0.252 e.